The van der Waals surface area contributed by atoms with E-state index in [0.717, 1.165) is 5.82 Å². The molecule has 0 atom stereocenters. The van der Waals surface area contributed by atoms with E-state index in [1.165, 1.54) is 11.3 Å². The summed E-state index contributed by atoms with van der Waals surface area (Å²) >= 11 is 1.38. The summed E-state index contributed by atoms with van der Waals surface area (Å²) < 4.78 is 0. The van der Waals surface area contributed by atoms with Crippen molar-refractivity contribution in [3.05, 3.63) is 40.6 Å². The van der Waals surface area contributed by atoms with E-state index in [-0.39, 0.29) is 18.2 Å². The molecule has 2 amide bonds. The van der Waals surface area contributed by atoms with Gasteiger partial charge in [0.15, 0.2) is 0 Å². The molecule has 2 aromatic rings. The number of carbonyl (C=O) groups excluding carboxylic acids is 2. The van der Waals surface area contributed by atoms with Crippen molar-refractivity contribution in [2.45, 2.75) is 12.8 Å². The van der Waals surface area contributed by atoms with E-state index in [1.54, 1.807) is 18.5 Å². The molecule has 0 fully saturated rings. The summed E-state index contributed by atoms with van der Waals surface area (Å²) in [4.78, 5) is 30.8. The van der Waals surface area contributed by atoms with Crippen LogP contribution >= 0.6 is 11.3 Å². The molecule has 2 heterocycles. The topological polar surface area (TPSA) is 86.9 Å². The highest BCUT2D eigenvalue weighted by molar-refractivity contribution is 7.12. The van der Waals surface area contributed by atoms with E-state index in [0.29, 0.717) is 24.4 Å². The van der Waals surface area contributed by atoms with Crippen molar-refractivity contribution in [1.29, 1.82) is 0 Å². The minimum atomic E-state index is -0.136. The fourth-order valence-corrected chi connectivity index (χ4v) is 2.27. The Kier molecular flexibility index (Phi) is 5.31. The maximum absolute atomic E-state index is 11.6. The zero-order valence-electron chi connectivity index (χ0n) is 10.9. The van der Waals surface area contributed by atoms with Crippen LogP contribution < -0.4 is 10.6 Å². The van der Waals surface area contributed by atoms with Gasteiger partial charge in [-0.2, -0.15) is 0 Å². The molecule has 6 nitrogen and oxygen atoms in total. The van der Waals surface area contributed by atoms with Crippen molar-refractivity contribution < 1.29 is 9.59 Å². The first-order valence-electron chi connectivity index (χ1n) is 6.32. The van der Waals surface area contributed by atoms with Gasteiger partial charge in [0.2, 0.25) is 5.91 Å². The number of nitrogens with one attached hydrogen (secondary N) is 3. The molecule has 0 saturated heterocycles. The van der Waals surface area contributed by atoms with Gasteiger partial charge in [-0.1, -0.05) is 6.07 Å². The number of hydrogen-bond acceptors (Lipinski definition) is 4. The zero-order valence-corrected chi connectivity index (χ0v) is 11.7. The number of H-pyrrole nitrogens is 1. The molecule has 0 bridgehead atoms. The minimum Gasteiger partial charge on any atom is -0.356 e. The van der Waals surface area contributed by atoms with E-state index >= 15 is 0 Å². The third-order valence-electron chi connectivity index (χ3n) is 2.62. The lowest BCUT2D eigenvalue weighted by Gasteiger charge is -2.05. The van der Waals surface area contributed by atoms with Crippen LogP contribution in [0.15, 0.2) is 29.9 Å². The predicted molar refractivity (Wildman–Crippen MR) is 76.6 cm³/mol. The molecule has 0 unspecified atom stereocenters. The van der Waals surface area contributed by atoms with Crippen LogP contribution in [0.5, 0.6) is 0 Å². The van der Waals surface area contributed by atoms with Gasteiger partial charge in [-0.15, -0.1) is 11.3 Å². The average molecular weight is 292 g/mol. The van der Waals surface area contributed by atoms with Gasteiger partial charge in [0.05, 0.1) is 4.88 Å². The van der Waals surface area contributed by atoms with Crippen LogP contribution in [-0.2, 0) is 11.2 Å². The van der Waals surface area contributed by atoms with E-state index in [4.69, 9.17) is 0 Å². The van der Waals surface area contributed by atoms with Crippen LogP contribution in [0.25, 0.3) is 0 Å². The van der Waals surface area contributed by atoms with Crippen molar-refractivity contribution in [3.63, 3.8) is 0 Å². The smallest absolute Gasteiger partial charge is 0.261 e. The Morgan fingerprint density at radius 1 is 1.30 bits per heavy atom. The third kappa shape index (κ3) is 4.51. The maximum Gasteiger partial charge on any atom is 0.261 e. The highest BCUT2D eigenvalue weighted by Crippen LogP contribution is 2.07. The fourth-order valence-electron chi connectivity index (χ4n) is 1.63. The molecular formula is C13H16N4O2S. The first kappa shape index (κ1) is 14.3. The summed E-state index contributed by atoms with van der Waals surface area (Å²) in [5, 5.41) is 7.34. The number of thiophene rings is 1. The van der Waals surface area contributed by atoms with Gasteiger partial charge < -0.3 is 15.6 Å². The molecule has 0 aromatic carbocycles. The zero-order chi connectivity index (χ0) is 14.2. The van der Waals surface area contributed by atoms with E-state index in [1.807, 2.05) is 11.4 Å². The number of hydrogen-bond donors (Lipinski definition) is 3. The lowest BCUT2D eigenvalue weighted by Crippen LogP contribution is -2.31. The molecule has 2 rings (SSSR count). The van der Waals surface area contributed by atoms with Crippen molar-refractivity contribution in [2.75, 3.05) is 13.1 Å². The first-order chi connectivity index (χ1) is 9.75. The first-order valence-corrected chi connectivity index (χ1v) is 7.20. The lowest BCUT2D eigenvalue weighted by molar-refractivity contribution is -0.120. The van der Waals surface area contributed by atoms with Crippen LogP contribution in [-0.4, -0.2) is 34.9 Å². The second-order valence-corrected chi connectivity index (χ2v) is 5.07. The van der Waals surface area contributed by atoms with Gasteiger partial charge in [-0.05, 0) is 11.4 Å². The normalized spacial score (nSPS) is 10.2. The Hall–Kier alpha value is -2.15. The number of aromatic amines is 1. The van der Waals surface area contributed by atoms with Gasteiger partial charge >= 0.3 is 0 Å². The summed E-state index contributed by atoms with van der Waals surface area (Å²) in [6.07, 6.45) is 4.37. The van der Waals surface area contributed by atoms with Gasteiger partial charge in [-0.25, -0.2) is 4.98 Å². The van der Waals surface area contributed by atoms with Gasteiger partial charge in [0.1, 0.15) is 5.82 Å². The highest BCUT2D eigenvalue weighted by Gasteiger charge is 2.07. The van der Waals surface area contributed by atoms with Crippen LogP contribution in [0, 0.1) is 0 Å². The van der Waals surface area contributed by atoms with Crippen LogP contribution in [0.4, 0.5) is 0 Å². The van der Waals surface area contributed by atoms with E-state index < -0.39 is 0 Å². The summed E-state index contributed by atoms with van der Waals surface area (Å²) in [5.74, 6) is 0.628. The Morgan fingerprint density at radius 2 is 2.20 bits per heavy atom. The Balaban J connectivity index is 1.57. The minimum absolute atomic E-state index is 0.0805. The quantitative estimate of drug-likeness (QED) is 0.710. The third-order valence-corrected chi connectivity index (χ3v) is 3.49. The van der Waals surface area contributed by atoms with E-state index in [2.05, 4.69) is 20.6 Å². The van der Waals surface area contributed by atoms with Crippen molar-refractivity contribution in [3.8, 4) is 0 Å². The largest absolute Gasteiger partial charge is 0.356 e. The summed E-state index contributed by atoms with van der Waals surface area (Å²) in [6, 6.07) is 3.57. The van der Waals surface area contributed by atoms with Crippen molar-refractivity contribution >= 4 is 23.2 Å². The molecule has 0 aliphatic rings. The molecule has 0 radical (unpaired) electrons. The Bertz CT molecular complexity index is 537. The molecule has 7 heteroatoms. The molecule has 0 saturated carbocycles. The molecule has 0 spiro atoms. The maximum atomic E-state index is 11.6. The number of aromatic nitrogens is 2. The summed E-state index contributed by atoms with van der Waals surface area (Å²) in [6.45, 7) is 0.870. The number of amides is 2. The average Bonchev–Trinajstić information content (AvgIpc) is 3.12. The SMILES string of the molecule is O=C(CCNC(=O)c1cccs1)NCCc1ncc[nH]1. The van der Waals surface area contributed by atoms with Gasteiger partial charge in [0, 0.05) is 38.3 Å². The summed E-state index contributed by atoms with van der Waals surface area (Å²) in [5.41, 5.74) is 0. The van der Waals surface area contributed by atoms with Gasteiger partial charge in [0.25, 0.3) is 5.91 Å². The number of carbonyl (C=O) groups is 2. The molecule has 0 aliphatic carbocycles. The van der Waals surface area contributed by atoms with Crippen molar-refractivity contribution in [1.82, 2.24) is 20.6 Å². The molecule has 3 N–H and O–H groups in total. The number of rotatable bonds is 7. The molecule has 20 heavy (non-hydrogen) atoms. The lowest BCUT2D eigenvalue weighted by atomic mass is 10.3. The second-order valence-electron chi connectivity index (χ2n) is 4.12. The molecule has 2 aromatic heterocycles. The highest BCUT2D eigenvalue weighted by atomic mass is 32.1. The van der Waals surface area contributed by atoms with Crippen LogP contribution in [0.2, 0.25) is 0 Å². The van der Waals surface area contributed by atoms with Crippen molar-refractivity contribution in [2.24, 2.45) is 0 Å². The van der Waals surface area contributed by atoms with Crippen LogP contribution in [0.1, 0.15) is 21.9 Å². The standard InChI is InChI=1S/C13H16N4O2S/c18-12(16-5-3-11-14-7-8-15-11)4-6-17-13(19)10-2-1-9-20-10/h1-2,7-9H,3-6H2,(H,14,15)(H,16,18)(H,17,19). The molecular weight excluding hydrogens is 276 g/mol. The predicted octanol–water partition coefficient (Wildman–Crippen LogP) is 0.950. The Morgan fingerprint density at radius 3 is 2.90 bits per heavy atom. The second kappa shape index (κ2) is 7.44. The van der Waals surface area contributed by atoms with Gasteiger partial charge in [-0.3, -0.25) is 9.59 Å². The molecule has 106 valence electrons. The fraction of sp³-hybridized carbons (Fsp3) is 0.308. The Labute approximate surface area is 120 Å². The van der Waals surface area contributed by atoms with E-state index in [9.17, 15) is 9.59 Å². The number of imidazole rings is 1. The number of nitrogens with zero attached hydrogens (tertiary/aromatic N) is 1. The monoisotopic (exact) mass is 292 g/mol. The molecule has 0 aliphatic heterocycles. The van der Waals surface area contributed by atoms with Crippen LogP contribution in [0.3, 0.4) is 0 Å². The summed E-state index contributed by atoms with van der Waals surface area (Å²) in [7, 11) is 0.